The third-order valence-corrected chi connectivity index (χ3v) is 4.06. The summed E-state index contributed by atoms with van der Waals surface area (Å²) in [7, 11) is 9.78. The van der Waals surface area contributed by atoms with Gasteiger partial charge in [-0.25, -0.2) is 4.68 Å². The Morgan fingerprint density at radius 1 is 1.09 bits per heavy atom. The van der Waals surface area contributed by atoms with Crippen LogP contribution in [0.25, 0.3) is 0 Å². The Balaban J connectivity index is 0.000000595. The first kappa shape index (κ1) is 18.6. The van der Waals surface area contributed by atoms with Crippen LogP contribution in [0.1, 0.15) is 49.1 Å². The van der Waals surface area contributed by atoms with Gasteiger partial charge in [0.2, 0.25) is 0 Å². The SMILES string of the molecule is Oc1c(C=Nn2cccc2)cccc1C1CCCCC1.[Cl][Ti][Cl]. The summed E-state index contributed by atoms with van der Waals surface area (Å²) >= 11 is -0.556. The molecule has 23 heavy (non-hydrogen) atoms. The van der Waals surface area contributed by atoms with E-state index in [4.69, 9.17) is 18.6 Å². The predicted molar refractivity (Wildman–Crippen MR) is 93.1 cm³/mol. The summed E-state index contributed by atoms with van der Waals surface area (Å²) in [4.78, 5) is 0. The molecule has 1 aromatic carbocycles. The zero-order valence-electron chi connectivity index (χ0n) is 12.8. The molecule has 0 saturated heterocycles. The van der Waals surface area contributed by atoms with Crippen molar-refractivity contribution in [2.75, 3.05) is 0 Å². The molecule has 1 saturated carbocycles. The summed E-state index contributed by atoms with van der Waals surface area (Å²) in [5, 5.41) is 14.8. The van der Waals surface area contributed by atoms with Crippen molar-refractivity contribution in [3.8, 4) is 5.75 Å². The number of hydrogen-bond acceptors (Lipinski definition) is 2. The molecule has 2 aromatic rings. The second-order valence-corrected chi connectivity index (χ2v) is 8.08. The van der Waals surface area contributed by atoms with Gasteiger partial charge in [0.15, 0.2) is 0 Å². The zero-order chi connectivity index (χ0) is 16.5. The molecule has 0 amide bonds. The van der Waals surface area contributed by atoms with Crippen molar-refractivity contribution in [2.45, 2.75) is 38.0 Å². The minimum atomic E-state index is -0.556. The van der Waals surface area contributed by atoms with E-state index in [2.05, 4.69) is 11.2 Å². The zero-order valence-corrected chi connectivity index (χ0v) is 15.9. The summed E-state index contributed by atoms with van der Waals surface area (Å²) in [6, 6.07) is 9.83. The van der Waals surface area contributed by atoms with Gasteiger partial charge in [0.1, 0.15) is 5.75 Å². The number of aromatic nitrogens is 1. The van der Waals surface area contributed by atoms with Crippen molar-refractivity contribution in [3.63, 3.8) is 0 Å². The average molecular weight is 387 g/mol. The fraction of sp³-hybridized carbons (Fsp3) is 0.353. The second kappa shape index (κ2) is 10.2. The maximum absolute atomic E-state index is 10.5. The molecule has 0 unspecified atom stereocenters. The quantitative estimate of drug-likeness (QED) is 0.548. The van der Waals surface area contributed by atoms with E-state index in [1.165, 1.54) is 32.1 Å². The van der Waals surface area contributed by atoms with Gasteiger partial charge in [-0.3, -0.25) is 0 Å². The maximum atomic E-state index is 10.5. The molecule has 1 aromatic heterocycles. The number of halogens is 2. The topological polar surface area (TPSA) is 37.5 Å². The van der Waals surface area contributed by atoms with Gasteiger partial charge in [-0.05, 0) is 42.5 Å². The molecule has 1 N–H and O–H groups in total. The summed E-state index contributed by atoms with van der Waals surface area (Å²) in [6.45, 7) is 0. The van der Waals surface area contributed by atoms with Gasteiger partial charge in [0.05, 0.1) is 6.21 Å². The van der Waals surface area contributed by atoms with Crippen LogP contribution in [0.2, 0.25) is 0 Å². The van der Waals surface area contributed by atoms with Crippen molar-refractivity contribution in [3.05, 3.63) is 53.9 Å². The van der Waals surface area contributed by atoms with E-state index in [0.29, 0.717) is 11.7 Å². The van der Waals surface area contributed by atoms with E-state index < -0.39 is 17.0 Å². The molecule has 0 aliphatic heterocycles. The number of nitrogens with zero attached hydrogens (tertiary/aromatic N) is 2. The molecule has 3 nitrogen and oxygen atoms in total. The normalized spacial score (nSPS) is 15.2. The van der Waals surface area contributed by atoms with E-state index >= 15 is 0 Å². The molecular formula is C17H20Cl2N2OTi. The van der Waals surface area contributed by atoms with Crippen LogP contribution in [0, 0.1) is 0 Å². The van der Waals surface area contributed by atoms with E-state index in [1.54, 1.807) is 10.9 Å². The van der Waals surface area contributed by atoms with Gasteiger partial charge in [-0.2, -0.15) is 5.10 Å². The predicted octanol–water partition coefficient (Wildman–Crippen LogP) is 5.50. The molecule has 0 atom stereocenters. The molecule has 3 rings (SSSR count). The number of aromatic hydroxyl groups is 1. The molecule has 6 heteroatoms. The number of phenols is 1. The summed E-state index contributed by atoms with van der Waals surface area (Å²) < 4.78 is 1.73. The Labute approximate surface area is 154 Å². The van der Waals surface area contributed by atoms with Crippen LogP contribution < -0.4 is 0 Å². The number of para-hydroxylation sites is 1. The standard InChI is InChI=1S/C17H20N2O.2ClH.Ti/c20-17-15(13-18-19-11-4-5-12-19)9-6-10-16(17)14-7-2-1-3-8-14;;;/h4-6,9-14,20H,1-3,7-8H2;2*1H;/q;;;+2/p-2. The molecule has 0 spiro atoms. The van der Waals surface area contributed by atoms with Gasteiger partial charge in [-0.15, -0.1) is 0 Å². The first-order chi connectivity index (χ1) is 11.3. The van der Waals surface area contributed by atoms with Crippen LogP contribution in [0.4, 0.5) is 0 Å². The molecule has 1 aliphatic carbocycles. The van der Waals surface area contributed by atoms with Crippen LogP contribution in [-0.4, -0.2) is 16.0 Å². The molecule has 1 heterocycles. The number of benzene rings is 1. The van der Waals surface area contributed by atoms with Crippen molar-refractivity contribution in [1.82, 2.24) is 4.68 Å². The molecule has 122 valence electrons. The van der Waals surface area contributed by atoms with E-state index in [1.807, 2.05) is 36.7 Å². The number of phenolic OH excluding ortho intramolecular Hbond substituents is 1. The van der Waals surface area contributed by atoms with Crippen LogP contribution in [0.3, 0.4) is 0 Å². The van der Waals surface area contributed by atoms with Crippen LogP contribution in [-0.2, 0) is 17.0 Å². The fourth-order valence-electron chi connectivity index (χ4n) is 2.96. The average Bonchev–Trinajstić information content (AvgIpc) is 3.09. The van der Waals surface area contributed by atoms with E-state index in [-0.39, 0.29) is 0 Å². The van der Waals surface area contributed by atoms with Gasteiger partial charge < -0.3 is 5.11 Å². The monoisotopic (exact) mass is 386 g/mol. The Kier molecular flexibility index (Phi) is 8.25. The Hall–Kier alpha value is -0.736. The minimum absolute atomic E-state index is 0.398. The molecule has 0 bridgehead atoms. The summed E-state index contributed by atoms with van der Waals surface area (Å²) in [5.74, 6) is 0.902. The van der Waals surface area contributed by atoms with Gasteiger partial charge in [0.25, 0.3) is 0 Å². The van der Waals surface area contributed by atoms with Crippen LogP contribution in [0.15, 0.2) is 47.8 Å². The number of hydrogen-bond donors (Lipinski definition) is 1. The van der Waals surface area contributed by atoms with Crippen molar-refractivity contribution in [1.29, 1.82) is 0 Å². The van der Waals surface area contributed by atoms with Gasteiger partial charge in [-0.1, -0.05) is 31.4 Å². The molecule has 0 radical (unpaired) electrons. The number of rotatable bonds is 3. The van der Waals surface area contributed by atoms with E-state index in [9.17, 15) is 5.11 Å². The van der Waals surface area contributed by atoms with Crippen LogP contribution in [0.5, 0.6) is 5.75 Å². The third kappa shape index (κ3) is 5.68. The van der Waals surface area contributed by atoms with E-state index in [0.717, 1.165) is 11.1 Å². The second-order valence-electron chi connectivity index (χ2n) is 5.50. The first-order valence-corrected chi connectivity index (χ1v) is 12.0. The third-order valence-electron chi connectivity index (χ3n) is 4.06. The first-order valence-electron chi connectivity index (χ1n) is 7.71. The Morgan fingerprint density at radius 3 is 2.39 bits per heavy atom. The summed E-state index contributed by atoms with van der Waals surface area (Å²) in [6.07, 6.45) is 11.7. The van der Waals surface area contributed by atoms with Crippen molar-refractivity contribution in [2.24, 2.45) is 5.10 Å². The molecule has 1 fully saturated rings. The fourth-order valence-corrected chi connectivity index (χ4v) is 2.96. The molecule has 1 aliphatic rings. The van der Waals surface area contributed by atoms with Crippen LogP contribution >= 0.6 is 18.6 Å². The summed E-state index contributed by atoms with van der Waals surface area (Å²) in [5.41, 5.74) is 1.88. The van der Waals surface area contributed by atoms with Crippen molar-refractivity contribution < 1.29 is 22.1 Å². The van der Waals surface area contributed by atoms with Gasteiger partial charge >= 0.3 is 35.6 Å². The van der Waals surface area contributed by atoms with Crippen molar-refractivity contribution >= 4 is 24.8 Å². The molecular weight excluding hydrogens is 367 g/mol. The Morgan fingerprint density at radius 2 is 1.74 bits per heavy atom. The Bertz CT molecular complexity index is 611. The van der Waals surface area contributed by atoms with Gasteiger partial charge in [0, 0.05) is 18.0 Å².